The van der Waals surface area contributed by atoms with Crippen LogP contribution >= 0.6 is 0 Å². The highest BCUT2D eigenvalue weighted by Gasteiger charge is 2.65. The van der Waals surface area contributed by atoms with Crippen molar-refractivity contribution in [3.05, 3.63) is 70.6 Å². The summed E-state index contributed by atoms with van der Waals surface area (Å²) in [4.78, 5) is 0. The van der Waals surface area contributed by atoms with E-state index in [1.165, 1.54) is 13.8 Å². The van der Waals surface area contributed by atoms with Gasteiger partial charge in [-0.25, -0.2) is 17.6 Å². The molecule has 2 nitrogen and oxygen atoms in total. The van der Waals surface area contributed by atoms with E-state index < -0.39 is 80.2 Å². The Hall–Kier alpha value is -2.88. The Balaban J connectivity index is 1.95. The summed E-state index contributed by atoms with van der Waals surface area (Å²) in [7, 11) is 0. The van der Waals surface area contributed by atoms with Crippen molar-refractivity contribution in [1.29, 1.82) is 0 Å². The summed E-state index contributed by atoms with van der Waals surface area (Å²) in [5, 5.41) is 0. The zero-order valence-electron chi connectivity index (χ0n) is 18.8. The molecule has 0 aromatic heterocycles. The summed E-state index contributed by atoms with van der Waals surface area (Å²) in [6.07, 6.45) is -0.343. The molecule has 188 valence electrons. The van der Waals surface area contributed by atoms with Gasteiger partial charge < -0.3 is 9.47 Å². The molecule has 0 heterocycles. The first-order valence-electron chi connectivity index (χ1n) is 10.8. The Morgan fingerprint density at radius 1 is 0.800 bits per heavy atom. The number of rotatable bonds is 5. The minimum atomic E-state index is -5.22. The molecule has 2 aromatic carbocycles. The molecular weight excluding hydrogens is 484 g/mol. The van der Waals surface area contributed by atoms with Crippen molar-refractivity contribution in [3.63, 3.8) is 0 Å². The minimum absolute atomic E-state index is 0.0271. The molecular formula is C25H20F8O2. The van der Waals surface area contributed by atoms with Gasteiger partial charge in [0.2, 0.25) is 0 Å². The smallest absolute Gasteiger partial charge is 0.343 e. The summed E-state index contributed by atoms with van der Waals surface area (Å²) >= 11 is 0. The van der Waals surface area contributed by atoms with Gasteiger partial charge in [0.25, 0.3) is 0 Å². The summed E-state index contributed by atoms with van der Waals surface area (Å²) in [5.74, 6) is -16.1. The van der Waals surface area contributed by atoms with Crippen LogP contribution in [0.2, 0.25) is 0 Å². The van der Waals surface area contributed by atoms with Gasteiger partial charge in [-0.15, -0.1) is 0 Å². The van der Waals surface area contributed by atoms with Crippen LogP contribution in [-0.4, -0.2) is 25.0 Å². The zero-order valence-corrected chi connectivity index (χ0v) is 18.8. The summed E-state index contributed by atoms with van der Waals surface area (Å²) in [6, 6.07) is 3.62. The molecule has 0 saturated heterocycles. The third-order valence-electron chi connectivity index (χ3n) is 6.17. The highest BCUT2D eigenvalue weighted by molar-refractivity contribution is 5.84. The van der Waals surface area contributed by atoms with Gasteiger partial charge in [0.15, 0.2) is 17.7 Å². The normalized spacial score (nSPS) is 24.3. The molecule has 0 aliphatic heterocycles. The van der Waals surface area contributed by atoms with Crippen LogP contribution in [0.25, 0.3) is 16.7 Å². The standard InChI is InChI=1S/C25H20F8O2/c1-4-34-16-9-8-13-12-6-7-14(15-10-11-23(3,35-5-2)22(29)20(15)27)19(26)17(12)24(30,31)25(32,33)18(13)21(16)28/h6-11,22H,4-5H2,1-3H3. The van der Waals surface area contributed by atoms with Gasteiger partial charge in [0.1, 0.15) is 17.2 Å². The molecule has 0 amide bonds. The molecule has 0 N–H and O–H groups in total. The predicted molar refractivity (Wildman–Crippen MR) is 113 cm³/mol. The molecule has 0 fully saturated rings. The lowest BCUT2D eigenvalue weighted by molar-refractivity contribution is -0.227. The van der Waals surface area contributed by atoms with Gasteiger partial charge in [0, 0.05) is 17.7 Å². The quantitative estimate of drug-likeness (QED) is 0.390. The van der Waals surface area contributed by atoms with Crippen LogP contribution in [0.1, 0.15) is 37.5 Å². The Morgan fingerprint density at radius 3 is 1.91 bits per heavy atom. The minimum Gasteiger partial charge on any atom is -0.491 e. The molecule has 0 bridgehead atoms. The van der Waals surface area contributed by atoms with Crippen LogP contribution in [-0.2, 0) is 16.6 Å². The van der Waals surface area contributed by atoms with Gasteiger partial charge >= 0.3 is 11.8 Å². The topological polar surface area (TPSA) is 18.5 Å². The average molecular weight is 504 g/mol. The van der Waals surface area contributed by atoms with E-state index in [4.69, 9.17) is 9.47 Å². The largest absolute Gasteiger partial charge is 0.491 e. The van der Waals surface area contributed by atoms with Crippen molar-refractivity contribution in [2.75, 3.05) is 13.2 Å². The van der Waals surface area contributed by atoms with Gasteiger partial charge in [-0.1, -0.05) is 18.2 Å². The summed E-state index contributed by atoms with van der Waals surface area (Å²) < 4.78 is 130. The van der Waals surface area contributed by atoms with Crippen molar-refractivity contribution in [2.24, 2.45) is 0 Å². The van der Waals surface area contributed by atoms with E-state index in [-0.39, 0.29) is 13.2 Å². The van der Waals surface area contributed by atoms with Crippen molar-refractivity contribution >= 4 is 5.57 Å². The van der Waals surface area contributed by atoms with Gasteiger partial charge in [0.05, 0.1) is 17.7 Å². The number of ether oxygens (including phenoxy) is 2. The number of benzene rings is 2. The van der Waals surface area contributed by atoms with Crippen LogP contribution in [0.3, 0.4) is 0 Å². The van der Waals surface area contributed by atoms with Gasteiger partial charge in [-0.05, 0) is 50.1 Å². The third kappa shape index (κ3) is 3.48. The second-order valence-electron chi connectivity index (χ2n) is 8.31. The highest BCUT2D eigenvalue weighted by atomic mass is 19.3. The van der Waals surface area contributed by atoms with E-state index in [2.05, 4.69) is 0 Å². The summed E-state index contributed by atoms with van der Waals surface area (Å²) in [5.41, 5.74) is -8.02. The highest BCUT2D eigenvalue weighted by Crippen LogP contribution is 2.60. The Kier molecular flexibility index (Phi) is 6.02. The van der Waals surface area contributed by atoms with E-state index in [9.17, 15) is 13.2 Å². The fourth-order valence-electron chi connectivity index (χ4n) is 4.44. The van der Waals surface area contributed by atoms with Crippen LogP contribution in [0.4, 0.5) is 35.1 Å². The molecule has 2 aromatic rings. The second kappa shape index (κ2) is 8.36. The van der Waals surface area contributed by atoms with E-state index in [1.54, 1.807) is 6.92 Å². The molecule has 0 saturated carbocycles. The molecule has 2 atom stereocenters. The second-order valence-corrected chi connectivity index (χ2v) is 8.31. The number of hydrogen-bond acceptors (Lipinski definition) is 2. The third-order valence-corrected chi connectivity index (χ3v) is 6.17. The molecule has 35 heavy (non-hydrogen) atoms. The number of fused-ring (bicyclic) bond motifs is 3. The van der Waals surface area contributed by atoms with E-state index in [1.807, 2.05) is 0 Å². The van der Waals surface area contributed by atoms with Gasteiger partial charge in [-0.3, -0.25) is 0 Å². The fraction of sp³-hybridized carbons (Fsp3) is 0.360. The van der Waals surface area contributed by atoms with Crippen molar-refractivity contribution in [1.82, 2.24) is 0 Å². The SMILES string of the molecule is CCOc1ccc2c(c1F)C(F)(F)C(F)(F)c1c-2ccc(C2=C(F)C(F)C(C)(OCC)C=C2)c1F. The molecule has 2 unspecified atom stereocenters. The van der Waals surface area contributed by atoms with Crippen LogP contribution in [0, 0.1) is 11.6 Å². The number of allylic oxidation sites excluding steroid dienone is 2. The van der Waals surface area contributed by atoms with Crippen LogP contribution in [0.15, 0.2) is 42.2 Å². The number of alkyl halides is 5. The molecule has 0 spiro atoms. The first kappa shape index (κ1) is 25.2. The van der Waals surface area contributed by atoms with E-state index in [0.717, 1.165) is 36.4 Å². The van der Waals surface area contributed by atoms with Crippen molar-refractivity contribution in [3.8, 4) is 16.9 Å². The Labute approximate surface area is 195 Å². The first-order valence-corrected chi connectivity index (χ1v) is 10.8. The lowest BCUT2D eigenvalue weighted by atomic mass is 9.78. The number of halogens is 8. The maximum absolute atomic E-state index is 15.5. The molecule has 2 aliphatic rings. The van der Waals surface area contributed by atoms with Gasteiger partial charge in [-0.2, -0.15) is 17.6 Å². The molecule has 2 aliphatic carbocycles. The van der Waals surface area contributed by atoms with Crippen molar-refractivity contribution in [2.45, 2.75) is 44.4 Å². The van der Waals surface area contributed by atoms with Crippen LogP contribution in [0.5, 0.6) is 5.75 Å². The lowest BCUT2D eigenvalue weighted by Gasteiger charge is -2.36. The predicted octanol–water partition coefficient (Wildman–Crippen LogP) is 7.61. The lowest BCUT2D eigenvalue weighted by Crippen LogP contribution is -2.41. The zero-order chi connectivity index (χ0) is 25.9. The molecule has 0 radical (unpaired) electrons. The van der Waals surface area contributed by atoms with E-state index in [0.29, 0.717) is 0 Å². The maximum atomic E-state index is 15.5. The average Bonchev–Trinajstić information content (AvgIpc) is 2.78. The van der Waals surface area contributed by atoms with E-state index >= 15 is 22.0 Å². The number of hydrogen-bond donors (Lipinski definition) is 0. The molecule has 4 rings (SSSR count). The fourth-order valence-corrected chi connectivity index (χ4v) is 4.44. The Bertz CT molecular complexity index is 1250. The first-order chi connectivity index (χ1) is 16.3. The monoisotopic (exact) mass is 504 g/mol. The Morgan fingerprint density at radius 2 is 1.34 bits per heavy atom. The van der Waals surface area contributed by atoms with Crippen LogP contribution < -0.4 is 4.74 Å². The molecule has 10 heteroatoms. The maximum Gasteiger partial charge on any atom is 0.343 e. The summed E-state index contributed by atoms with van der Waals surface area (Å²) in [6.45, 7) is 4.16. The van der Waals surface area contributed by atoms with Crippen molar-refractivity contribution < 1.29 is 44.6 Å².